The van der Waals surface area contributed by atoms with E-state index < -0.39 is 0 Å². The van der Waals surface area contributed by atoms with Gasteiger partial charge in [-0.3, -0.25) is 0 Å². The molecular weight excluding hydrogens is 364 g/mol. The highest BCUT2D eigenvalue weighted by Crippen LogP contribution is 2.41. The average molecular weight is 392 g/mol. The molecule has 0 saturated heterocycles. The quantitative estimate of drug-likeness (QED) is 0.493. The molecule has 0 fully saturated rings. The minimum atomic E-state index is -0.145. The van der Waals surface area contributed by atoms with E-state index in [-0.39, 0.29) is 23.2 Å². The first-order valence-corrected chi connectivity index (χ1v) is 9.78. The van der Waals surface area contributed by atoms with Gasteiger partial charge in [0.1, 0.15) is 11.5 Å². The predicted octanol–water partition coefficient (Wildman–Crippen LogP) is 5.62. The van der Waals surface area contributed by atoms with Crippen LogP contribution in [0.25, 0.3) is 0 Å². The van der Waals surface area contributed by atoms with Crippen molar-refractivity contribution in [1.29, 1.82) is 0 Å². The van der Waals surface area contributed by atoms with Crippen molar-refractivity contribution in [3.05, 3.63) is 81.4 Å². The molecular formula is C25H28O4. The zero-order valence-corrected chi connectivity index (χ0v) is 17.6. The van der Waals surface area contributed by atoms with Crippen molar-refractivity contribution in [3.63, 3.8) is 0 Å². The Balaban J connectivity index is 2.30. The van der Waals surface area contributed by atoms with E-state index in [2.05, 4.69) is 0 Å². The number of ether oxygens (including phenoxy) is 1. The fourth-order valence-corrected chi connectivity index (χ4v) is 3.78. The molecule has 3 rings (SSSR count). The van der Waals surface area contributed by atoms with E-state index in [0.29, 0.717) is 12.4 Å². The first-order valence-electron chi connectivity index (χ1n) is 9.78. The van der Waals surface area contributed by atoms with E-state index in [1.165, 1.54) is 0 Å². The molecule has 3 aromatic carbocycles. The van der Waals surface area contributed by atoms with Crippen LogP contribution in [0.4, 0.5) is 0 Å². The first-order chi connectivity index (χ1) is 13.7. The summed E-state index contributed by atoms with van der Waals surface area (Å²) in [7, 11) is 0. The molecule has 0 heterocycles. The van der Waals surface area contributed by atoms with Crippen molar-refractivity contribution in [1.82, 2.24) is 0 Å². The van der Waals surface area contributed by atoms with Crippen molar-refractivity contribution in [2.75, 3.05) is 6.61 Å². The van der Waals surface area contributed by atoms with Crippen molar-refractivity contribution in [2.24, 2.45) is 0 Å². The minimum absolute atomic E-state index is 0.103. The van der Waals surface area contributed by atoms with Crippen LogP contribution in [0.2, 0.25) is 0 Å². The Morgan fingerprint density at radius 1 is 0.690 bits per heavy atom. The number of aromatic hydroxyl groups is 3. The molecule has 29 heavy (non-hydrogen) atoms. The molecule has 3 aromatic rings. The molecule has 0 atom stereocenters. The van der Waals surface area contributed by atoms with Crippen molar-refractivity contribution in [2.45, 2.75) is 40.5 Å². The normalized spacial score (nSPS) is 11.1. The second-order valence-corrected chi connectivity index (χ2v) is 7.58. The maximum Gasteiger partial charge on any atom is 0.161 e. The highest BCUT2D eigenvalue weighted by molar-refractivity contribution is 5.56. The van der Waals surface area contributed by atoms with Crippen molar-refractivity contribution >= 4 is 0 Å². The van der Waals surface area contributed by atoms with Gasteiger partial charge in [-0.1, -0.05) is 18.2 Å². The zero-order valence-electron chi connectivity index (χ0n) is 17.6. The molecule has 0 aliphatic carbocycles. The Kier molecular flexibility index (Phi) is 5.73. The lowest BCUT2D eigenvalue weighted by molar-refractivity contribution is 0.317. The van der Waals surface area contributed by atoms with Gasteiger partial charge in [0.2, 0.25) is 0 Å². The summed E-state index contributed by atoms with van der Waals surface area (Å²) in [6.45, 7) is 10.1. The molecule has 0 aromatic heterocycles. The fraction of sp³-hybridized carbons (Fsp3) is 0.280. The maximum atomic E-state index is 10.2. The molecule has 3 N–H and O–H groups in total. The van der Waals surface area contributed by atoms with Gasteiger partial charge in [0.25, 0.3) is 0 Å². The van der Waals surface area contributed by atoms with Crippen LogP contribution < -0.4 is 4.74 Å². The lowest BCUT2D eigenvalue weighted by Crippen LogP contribution is -2.09. The zero-order chi connectivity index (χ0) is 21.3. The SMILES string of the molecule is CCOc1cc(C(c2cc(C)c(O)cc2C)c2cc(C)c(O)cc2C)ccc1O. The summed E-state index contributed by atoms with van der Waals surface area (Å²) in [6.07, 6.45) is 0. The van der Waals surface area contributed by atoms with Gasteiger partial charge >= 0.3 is 0 Å². The van der Waals surface area contributed by atoms with E-state index in [1.54, 1.807) is 18.2 Å². The lowest BCUT2D eigenvalue weighted by Gasteiger charge is -2.25. The van der Waals surface area contributed by atoms with Gasteiger partial charge in [0.05, 0.1) is 6.61 Å². The van der Waals surface area contributed by atoms with Crippen LogP contribution in [0, 0.1) is 27.7 Å². The summed E-state index contributed by atoms with van der Waals surface area (Å²) in [5.74, 6) is 0.935. The van der Waals surface area contributed by atoms with E-state index in [9.17, 15) is 15.3 Å². The minimum Gasteiger partial charge on any atom is -0.508 e. The van der Waals surface area contributed by atoms with Gasteiger partial charge in [0, 0.05) is 5.92 Å². The Morgan fingerprint density at radius 3 is 1.69 bits per heavy atom. The van der Waals surface area contributed by atoms with Crippen LogP contribution in [-0.4, -0.2) is 21.9 Å². The molecule has 4 heteroatoms. The van der Waals surface area contributed by atoms with Gasteiger partial charge in [-0.2, -0.15) is 0 Å². The van der Waals surface area contributed by atoms with Crippen LogP contribution in [0.3, 0.4) is 0 Å². The smallest absolute Gasteiger partial charge is 0.161 e. The fourth-order valence-electron chi connectivity index (χ4n) is 3.78. The summed E-state index contributed by atoms with van der Waals surface area (Å²) in [5.41, 5.74) is 6.61. The number of phenolic OH excluding ortho intramolecular Hbond substituents is 3. The summed E-state index contributed by atoms with van der Waals surface area (Å²) in [6, 6.07) is 13.0. The second kappa shape index (κ2) is 8.08. The molecule has 4 nitrogen and oxygen atoms in total. The highest BCUT2D eigenvalue weighted by Gasteiger charge is 2.23. The number of benzene rings is 3. The average Bonchev–Trinajstić information content (AvgIpc) is 2.66. The molecule has 0 aliphatic rings. The molecule has 0 aliphatic heterocycles. The molecule has 0 amide bonds. The van der Waals surface area contributed by atoms with Crippen LogP contribution >= 0.6 is 0 Å². The maximum absolute atomic E-state index is 10.2. The molecule has 0 radical (unpaired) electrons. The molecule has 0 saturated carbocycles. The molecule has 152 valence electrons. The number of aryl methyl sites for hydroxylation is 4. The molecule has 0 bridgehead atoms. The Bertz CT molecular complexity index is 996. The summed E-state index contributed by atoms with van der Waals surface area (Å²) >= 11 is 0. The first kappa shape index (κ1) is 20.6. The Hall–Kier alpha value is -3.14. The Labute approximate surface area is 172 Å². The number of phenols is 3. The topological polar surface area (TPSA) is 69.9 Å². The van der Waals surface area contributed by atoms with Crippen molar-refractivity contribution in [3.8, 4) is 23.0 Å². The number of rotatable bonds is 5. The largest absolute Gasteiger partial charge is 0.508 e. The summed E-state index contributed by atoms with van der Waals surface area (Å²) in [5, 5.41) is 30.5. The van der Waals surface area contributed by atoms with Crippen LogP contribution in [-0.2, 0) is 0 Å². The lowest BCUT2D eigenvalue weighted by atomic mass is 9.80. The Morgan fingerprint density at radius 2 is 1.21 bits per heavy atom. The van der Waals surface area contributed by atoms with Crippen LogP contribution in [0.5, 0.6) is 23.0 Å². The number of hydrogen-bond acceptors (Lipinski definition) is 4. The predicted molar refractivity (Wildman–Crippen MR) is 115 cm³/mol. The third kappa shape index (κ3) is 4.02. The monoisotopic (exact) mass is 392 g/mol. The van der Waals surface area contributed by atoms with Crippen LogP contribution in [0.15, 0.2) is 42.5 Å². The van der Waals surface area contributed by atoms with Gasteiger partial charge < -0.3 is 20.1 Å². The number of hydrogen-bond donors (Lipinski definition) is 3. The van der Waals surface area contributed by atoms with E-state index >= 15 is 0 Å². The van der Waals surface area contributed by atoms with Crippen LogP contribution in [0.1, 0.15) is 51.8 Å². The van der Waals surface area contributed by atoms with E-state index in [4.69, 9.17) is 4.74 Å². The van der Waals surface area contributed by atoms with E-state index in [0.717, 1.165) is 38.9 Å². The highest BCUT2D eigenvalue weighted by atomic mass is 16.5. The van der Waals surface area contributed by atoms with E-state index in [1.807, 2.05) is 58.9 Å². The molecule has 0 spiro atoms. The summed E-state index contributed by atoms with van der Waals surface area (Å²) in [4.78, 5) is 0. The summed E-state index contributed by atoms with van der Waals surface area (Å²) < 4.78 is 5.62. The van der Waals surface area contributed by atoms with Gasteiger partial charge in [-0.15, -0.1) is 0 Å². The van der Waals surface area contributed by atoms with Gasteiger partial charge in [-0.25, -0.2) is 0 Å². The standard InChI is InChI=1S/C25H28O4/c1-6-29-24-13-18(7-8-21(24)26)25(19-9-16(4)22(27)11-14(19)2)20-10-17(5)23(28)12-15(20)3/h7-13,25-28H,6H2,1-5H3. The van der Waals surface area contributed by atoms with Gasteiger partial charge in [0.15, 0.2) is 11.5 Å². The van der Waals surface area contributed by atoms with Gasteiger partial charge in [-0.05, 0) is 97.8 Å². The third-order valence-corrected chi connectivity index (χ3v) is 5.41. The molecule has 0 unspecified atom stereocenters. The second-order valence-electron chi connectivity index (χ2n) is 7.58. The third-order valence-electron chi connectivity index (χ3n) is 5.41. The van der Waals surface area contributed by atoms with Crippen molar-refractivity contribution < 1.29 is 20.1 Å².